The monoisotopic (exact) mass is 1620 g/mol. The molecule has 0 spiro atoms. The molecule has 3 aliphatic rings. The summed E-state index contributed by atoms with van der Waals surface area (Å²) in [5.41, 5.74) is 0. The van der Waals surface area contributed by atoms with Crippen LogP contribution >= 0.6 is 0 Å². The molecule has 14 N–H and O–H groups in total. The van der Waals surface area contributed by atoms with Crippen molar-refractivity contribution < 1.29 is 104 Å². The minimum atomic E-state index is -3.08. The van der Waals surface area contributed by atoms with Crippen LogP contribution in [0, 0.1) is 0 Å². The molecule has 0 radical (unpaired) electrons. The van der Waals surface area contributed by atoms with Gasteiger partial charge in [-0.2, -0.15) is 0 Å². The van der Waals surface area contributed by atoms with E-state index in [1.807, 2.05) is 0 Å². The number of aliphatic carboxylic acids is 1. The molecule has 668 valence electrons. The normalized spacial score (nSPS) is 25.2. The van der Waals surface area contributed by atoms with Crippen LogP contribution < -0.4 is 10.6 Å². The van der Waals surface area contributed by atoms with Crippen LogP contribution in [0.4, 0.5) is 0 Å². The molecule has 3 heterocycles. The minimum Gasteiger partial charge on any atom is -0.477 e. The van der Waals surface area contributed by atoms with Crippen molar-refractivity contribution in [1.29, 1.82) is 0 Å². The molecule has 3 aliphatic heterocycles. The van der Waals surface area contributed by atoms with Crippen LogP contribution in [0.5, 0.6) is 0 Å². The number of unbranched alkanes of at least 4 members (excludes halogenated alkanes) is 57. The standard InChI is InChI=1S/C90H172N2O21/c1-4-6-8-10-12-14-16-18-20-22-24-26-27-28-29-30-31-32-33-34-35-36-37-38-39-40-41-42-43-44-46-48-50-52-54-56-58-60-62-64-77(100)92-71(72(97)63-61-59-57-55-53-51-49-47-45-25-23-21-19-17-15-13-11-9-7-5-2)69-108-87-82(104)81(103)84(76(68-95)110-87)111-88-83(105)86(80(102)75(67-94)109-88)113-90(89(106)107)65-73(98)78(91-70(3)96)85(112-90)79(101)74(99)66-93/h71-76,78-88,93-95,97-99,101-105H,4-69H2,1-3H3,(H,91,96)(H,92,100)(H,106,107). The van der Waals surface area contributed by atoms with Crippen molar-refractivity contribution in [3.63, 3.8) is 0 Å². The SMILES string of the molecule is CCCCCCCCCCCCCCCCCCCCCCCCCCCCCCCCCCCCCCCCCC(=O)NC(COC1OC(CO)C(OC2OC(CO)C(O)C(OC3(C(=O)O)CC(O)C(NC(C)=O)C(C(O)C(O)CO)O3)C2O)C(O)C1O)C(O)CCCCCCCCCCCCCCCCCCCCCC. The molecule has 23 nitrogen and oxygen atoms in total. The number of carbonyl (C=O) groups is 3. The van der Waals surface area contributed by atoms with E-state index in [2.05, 4.69) is 24.5 Å². The highest BCUT2D eigenvalue weighted by Crippen LogP contribution is 2.39. The fraction of sp³-hybridized carbons (Fsp3) is 0.967. The van der Waals surface area contributed by atoms with Crippen LogP contribution in [0.3, 0.4) is 0 Å². The Morgan fingerprint density at radius 2 is 0.770 bits per heavy atom. The summed E-state index contributed by atoms with van der Waals surface area (Å²) < 4.78 is 35.1. The van der Waals surface area contributed by atoms with E-state index in [1.165, 1.54) is 321 Å². The lowest BCUT2D eigenvalue weighted by atomic mass is 9.88. The predicted octanol–water partition coefficient (Wildman–Crippen LogP) is 15.5. The van der Waals surface area contributed by atoms with Crippen LogP contribution in [0.15, 0.2) is 0 Å². The molecule has 0 aromatic heterocycles. The fourth-order valence-corrected chi connectivity index (χ4v) is 16.7. The molecule has 0 aromatic carbocycles. The second kappa shape index (κ2) is 68.4. The third-order valence-electron chi connectivity index (χ3n) is 24.1. The van der Waals surface area contributed by atoms with Gasteiger partial charge in [-0.15, -0.1) is 0 Å². The third kappa shape index (κ3) is 46.9. The molecule has 2 amide bonds. The number of aliphatic hydroxyl groups excluding tert-OH is 11. The van der Waals surface area contributed by atoms with Gasteiger partial charge in [0, 0.05) is 19.8 Å². The minimum absolute atomic E-state index is 0.230. The van der Waals surface area contributed by atoms with E-state index < -0.39 is 148 Å². The quantitative estimate of drug-likeness (QED) is 0.0252. The first kappa shape index (κ1) is 105. The Labute approximate surface area is 684 Å². The summed E-state index contributed by atoms with van der Waals surface area (Å²) in [4.78, 5) is 38.8. The Kier molecular flexibility index (Phi) is 63.5. The molecule has 0 saturated carbocycles. The number of amides is 2. The molecule has 0 aliphatic carbocycles. The van der Waals surface area contributed by atoms with Crippen molar-refractivity contribution >= 4 is 17.8 Å². The summed E-state index contributed by atoms with van der Waals surface area (Å²) in [6.45, 7) is 2.29. The summed E-state index contributed by atoms with van der Waals surface area (Å²) in [7, 11) is 0. The van der Waals surface area contributed by atoms with E-state index in [1.54, 1.807) is 0 Å². The van der Waals surface area contributed by atoms with Crippen molar-refractivity contribution in [2.45, 2.75) is 529 Å². The molecule has 23 heteroatoms. The van der Waals surface area contributed by atoms with E-state index in [4.69, 9.17) is 28.4 Å². The number of rotatable bonds is 77. The first-order chi connectivity index (χ1) is 54.9. The zero-order valence-electron chi connectivity index (χ0n) is 71.5. The van der Waals surface area contributed by atoms with E-state index in [0.29, 0.717) is 19.3 Å². The van der Waals surface area contributed by atoms with Gasteiger partial charge in [0.25, 0.3) is 5.79 Å². The number of hydrogen-bond donors (Lipinski definition) is 14. The molecule has 0 aromatic rings. The lowest BCUT2D eigenvalue weighted by Crippen LogP contribution is -2.70. The van der Waals surface area contributed by atoms with Gasteiger partial charge in [-0.1, -0.05) is 386 Å². The summed E-state index contributed by atoms with van der Waals surface area (Å²) in [6.07, 6.45) is 48.5. The maximum Gasteiger partial charge on any atom is 0.364 e. The Hall–Kier alpha value is -2.27. The maximum atomic E-state index is 13.6. The lowest BCUT2D eigenvalue weighted by Gasteiger charge is -2.50. The molecular formula is C90H172N2O21. The number of aliphatic hydroxyl groups is 11. The second-order valence-corrected chi connectivity index (χ2v) is 34.2. The first-order valence-corrected chi connectivity index (χ1v) is 46.9. The largest absolute Gasteiger partial charge is 0.477 e. The molecule has 0 bridgehead atoms. The van der Waals surface area contributed by atoms with Crippen molar-refractivity contribution in [3.8, 4) is 0 Å². The first-order valence-electron chi connectivity index (χ1n) is 46.9. The number of carboxylic acid groups (broad SMARTS) is 1. The predicted molar refractivity (Wildman–Crippen MR) is 445 cm³/mol. The van der Waals surface area contributed by atoms with Gasteiger partial charge in [0.05, 0.1) is 50.7 Å². The summed E-state index contributed by atoms with van der Waals surface area (Å²) in [5, 5.41) is 137. The number of hydrogen-bond acceptors (Lipinski definition) is 20. The van der Waals surface area contributed by atoms with Gasteiger partial charge in [-0.05, 0) is 12.8 Å². The van der Waals surface area contributed by atoms with Crippen molar-refractivity contribution in [2.24, 2.45) is 0 Å². The molecule has 18 atom stereocenters. The molecule has 18 unspecified atom stereocenters. The zero-order valence-corrected chi connectivity index (χ0v) is 71.5. The molecular weight excluding hydrogens is 1440 g/mol. The zero-order chi connectivity index (χ0) is 82.4. The van der Waals surface area contributed by atoms with Crippen molar-refractivity contribution in [2.75, 3.05) is 26.4 Å². The van der Waals surface area contributed by atoms with Crippen LogP contribution in [-0.2, 0) is 42.8 Å². The van der Waals surface area contributed by atoms with E-state index in [-0.39, 0.29) is 18.9 Å². The van der Waals surface area contributed by atoms with Gasteiger partial charge in [-0.25, -0.2) is 4.79 Å². The van der Waals surface area contributed by atoms with Gasteiger partial charge in [0.15, 0.2) is 12.6 Å². The highest BCUT2D eigenvalue weighted by molar-refractivity contribution is 5.77. The van der Waals surface area contributed by atoms with Crippen molar-refractivity contribution in [1.82, 2.24) is 10.6 Å². The van der Waals surface area contributed by atoms with Gasteiger partial charge in [-0.3, -0.25) is 9.59 Å². The summed E-state index contributed by atoms with van der Waals surface area (Å²) in [5.74, 6) is -6.08. The average molecular weight is 1620 g/mol. The van der Waals surface area contributed by atoms with E-state index >= 15 is 0 Å². The fourth-order valence-electron chi connectivity index (χ4n) is 16.7. The van der Waals surface area contributed by atoms with Gasteiger partial charge < -0.3 is 100 Å². The van der Waals surface area contributed by atoms with Gasteiger partial charge >= 0.3 is 5.97 Å². The smallest absolute Gasteiger partial charge is 0.364 e. The van der Waals surface area contributed by atoms with E-state index in [0.717, 1.165) is 51.9 Å². The summed E-state index contributed by atoms with van der Waals surface area (Å²) in [6, 6.07) is -2.53. The Balaban J connectivity index is 1.39. The molecule has 3 fully saturated rings. The lowest BCUT2D eigenvalue weighted by molar-refractivity contribution is -0.386. The van der Waals surface area contributed by atoms with Crippen LogP contribution in [0.1, 0.15) is 419 Å². The number of nitrogens with one attached hydrogen (secondary N) is 2. The third-order valence-corrected chi connectivity index (χ3v) is 24.1. The molecule has 113 heavy (non-hydrogen) atoms. The topological polar surface area (TPSA) is 373 Å². The average Bonchev–Trinajstić information content (AvgIpc) is 0.755. The number of carbonyl (C=O) groups excluding carboxylic acids is 2. The summed E-state index contributed by atoms with van der Waals surface area (Å²) >= 11 is 0. The second-order valence-electron chi connectivity index (χ2n) is 34.2. The number of ether oxygens (including phenoxy) is 6. The molecule has 3 rings (SSSR count). The number of carboxylic acids is 1. The van der Waals surface area contributed by atoms with Crippen LogP contribution in [0.2, 0.25) is 0 Å². The molecule has 3 saturated heterocycles. The Morgan fingerprint density at radius 3 is 1.11 bits per heavy atom. The highest BCUT2D eigenvalue weighted by atomic mass is 16.8. The van der Waals surface area contributed by atoms with E-state index in [9.17, 15) is 75.7 Å². The van der Waals surface area contributed by atoms with Crippen molar-refractivity contribution in [3.05, 3.63) is 0 Å². The van der Waals surface area contributed by atoms with Gasteiger partial charge in [0.1, 0.15) is 67.1 Å². The Bertz CT molecular complexity index is 2230. The van der Waals surface area contributed by atoms with Crippen LogP contribution in [-0.4, -0.2) is 215 Å². The Morgan fingerprint density at radius 1 is 0.425 bits per heavy atom. The van der Waals surface area contributed by atoms with Crippen LogP contribution in [0.25, 0.3) is 0 Å². The maximum absolute atomic E-state index is 13.6. The van der Waals surface area contributed by atoms with Gasteiger partial charge in [0.2, 0.25) is 11.8 Å². The highest BCUT2D eigenvalue weighted by Gasteiger charge is 2.60.